The highest BCUT2D eigenvalue weighted by Gasteiger charge is 2.37. The molecule has 2 fully saturated rings. The number of carbonyl (C=O) groups is 1. The molecule has 0 aliphatic carbocycles. The van der Waals surface area contributed by atoms with E-state index in [0.29, 0.717) is 31.2 Å². The van der Waals surface area contributed by atoms with Gasteiger partial charge in [0.15, 0.2) is 0 Å². The van der Waals surface area contributed by atoms with E-state index in [1.807, 2.05) is 6.92 Å². The maximum absolute atomic E-state index is 11.5. The first-order valence-electron chi connectivity index (χ1n) is 7.33. The fourth-order valence-corrected chi connectivity index (χ4v) is 3.53. The molecule has 0 aromatic rings. The van der Waals surface area contributed by atoms with Crippen molar-refractivity contribution in [1.29, 1.82) is 0 Å². The standard InChI is InChI=1S/C14H26N2O2/c1-3-18-14(17)7-8-16-12-5-4-6-13(16)10-11(9-12)15-2/h11-13,15H,3-10H2,1-2H3. The second kappa shape index (κ2) is 6.53. The first-order chi connectivity index (χ1) is 8.74. The van der Waals surface area contributed by atoms with Gasteiger partial charge in [0.05, 0.1) is 13.0 Å². The van der Waals surface area contributed by atoms with Crippen LogP contribution in [0.3, 0.4) is 0 Å². The minimum absolute atomic E-state index is 0.0497. The summed E-state index contributed by atoms with van der Waals surface area (Å²) in [5.74, 6) is -0.0497. The van der Waals surface area contributed by atoms with Crippen LogP contribution in [0.1, 0.15) is 45.4 Å². The summed E-state index contributed by atoms with van der Waals surface area (Å²) in [5, 5.41) is 3.42. The fourth-order valence-electron chi connectivity index (χ4n) is 3.53. The maximum Gasteiger partial charge on any atom is 0.307 e. The summed E-state index contributed by atoms with van der Waals surface area (Å²) in [4.78, 5) is 14.0. The molecular weight excluding hydrogens is 228 g/mol. The Morgan fingerprint density at radius 3 is 2.56 bits per heavy atom. The molecule has 0 spiro atoms. The minimum atomic E-state index is -0.0497. The molecule has 1 N–H and O–H groups in total. The molecule has 0 amide bonds. The first kappa shape index (κ1) is 13.8. The number of piperidine rings is 2. The summed E-state index contributed by atoms with van der Waals surface area (Å²) in [7, 11) is 2.06. The molecule has 4 nitrogen and oxygen atoms in total. The number of carbonyl (C=O) groups excluding carboxylic acids is 1. The van der Waals surface area contributed by atoms with Gasteiger partial charge in [0, 0.05) is 24.7 Å². The lowest BCUT2D eigenvalue weighted by atomic mass is 9.81. The number of nitrogens with zero attached hydrogens (tertiary/aromatic N) is 1. The zero-order valence-corrected chi connectivity index (χ0v) is 11.7. The lowest BCUT2D eigenvalue weighted by Crippen LogP contribution is -2.56. The molecule has 104 valence electrons. The Kier molecular flexibility index (Phi) is 5.01. The molecule has 0 radical (unpaired) electrons. The van der Waals surface area contributed by atoms with Crippen LogP contribution in [0.5, 0.6) is 0 Å². The summed E-state index contributed by atoms with van der Waals surface area (Å²) in [6, 6.07) is 2.01. The van der Waals surface area contributed by atoms with Crippen LogP contribution in [-0.2, 0) is 9.53 Å². The third-order valence-corrected chi connectivity index (χ3v) is 4.41. The van der Waals surface area contributed by atoms with Gasteiger partial charge in [0.2, 0.25) is 0 Å². The van der Waals surface area contributed by atoms with E-state index in [1.54, 1.807) is 0 Å². The predicted octanol–water partition coefficient (Wildman–Crippen LogP) is 1.54. The second-order valence-electron chi connectivity index (χ2n) is 5.49. The Hall–Kier alpha value is -0.610. The summed E-state index contributed by atoms with van der Waals surface area (Å²) < 4.78 is 5.02. The monoisotopic (exact) mass is 254 g/mol. The number of nitrogens with one attached hydrogen (secondary N) is 1. The zero-order chi connectivity index (χ0) is 13.0. The third kappa shape index (κ3) is 3.23. The molecule has 0 aromatic heterocycles. The van der Waals surface area contributed by atoms with E-state index in [4.69, 9.17) is 4.74 Å². The first-order valence-corrected chi connectivity index (χ1v) is 7.33. The lowest BCUT2D eigenvalue weighted by Gasteiger charge is -2.49. The molecule has 2 saturated heterocycles. The van der Waals surface area contributed by atoms with Gasteiger partial charge in [-0.25, -0.2) is 0 Å². The van der Waals surface area contributed by atoms with Gasteiger partial charge in [-0.15, -0.1) is 0 Å². The van der Waals surface area contributed by atoms with E-state index in [9.17, 15) is 4.79 Å². The van der Waals surface area contributed by atoms with E-state index >= 15 is 0 Å². The van der Waals surface area contributed by atoms with Gasteiger partial charge in [-0.1, -0.05) is 6.42 Å². The zero-order valence-electron chi connectivity index (χ0n) is 11.7. The molecule has 0 aromatic carbocycles. The van der Waals surface area contributed by atoms with Crippen molar-refractivity contribution in [2.24, 2.45) is 0 Å². The Balaban J connectivity index is 1.86. The van der Waals surface area contributed by atoms with Crippen LogP contribution in [0.15, 0.2) is 0 Å². The van der Waals surface area contributed by atoms with Crippen molar-refractivity contribution in [3.63, 3.8) is 0 Å². The molecular formula is C14H26N2O2. The highest BCUT2D eigenvalue weighted by molar-refractivity contribution is 5.69. The van der Waals surface area contributed by atoms with Crippen molar-refractivity contribution < 1.29 is 9.53 Å². The van der Waals surface area contributed by atoms with Gasteiger partial charge in [-0.05, 0) is 39.7 Å². The molecule has 18 heavy (non-hydrogen) atoms. The predicted molar refractivity (Wildman–Crippen MR) is 71.5 cm³/mol. The Labute approximate surface area is 110 Å². The Morgan fingerprint density at radius 2 is 2.00 bits per heavy atom. The molecule has 0 saturated carbocycles. The van der Waals surface area contributed by atoms with Crippen molar-refractivity contribution in [1.82, 2.24) is 10.2 Å². The number of esters is 1. The van der Waals surface area contributed by atoms with Gasteiger partial charge in [0.25, 0.3) is 0 Å². The third-order valence-electron chi connectivity index (χ3n) is 4.41. The van der Waals surface area contributed by atoms with Crippen LogP contribution in [-0.4, -0.2) is 49.2 Å². The average molecular weight is 254 g/mol. The highest BCUT2D eigenvalue weighted by Crippen LogP contribution is 2.33. The molecule has 2 rings (SSSR count). The molecule has 4 heteroatoms. The molecule has 2 unspecified atom stereocenters. The quantitative estimate of drug-likeness (QED) is 0.756. The van der Waals surface area contributed by atoms with Gasteiger partial charge in [0.1, 0.15) is 0 Å². The number of hydrogen-bond acceptors (Lipinski definition) is 4. The van der Waals surface area contributed by atoms with Crippen molar-refractivity contribution in [2.75, 3.05) is 20.2 Å². The summed E-state index contributed by atoms with van der Waals surface area (Å²) in [6.45, 7) is 3.24. The number of fused-ring (bicyclic) bond motifs is 2. The lowest BCUT2D eigenvalue weighted by molar-refractivity contribution is -0.144. The van der Waals surface area contributed by atoms with E-state index in [0.717, 1.165) is 6.54 Å². The van der Waals surface area contributed by atoms with Crippen LogP contribution in [0, 0.1) is 0 Å². The molecule has 2 atom stereocenters. The maximum atomic E-state index is 11.5. The fraction of sp³-hybridized carbons (Fsp3) is 0.929. The van der Waals surface area contributed by atoms with E-state index in [1.165, 1.54) is 32.1 Å². The van der Waals surface area contributed by atoms with Crippen LogP contribution in [0.25, 0.3) is 0 Å². The van der Waals surface area contributed by atoms with Gasteiger partial charge in [-0.2, -0.15) is 0 Å². The number of ether oxygens (including phenoxy) is 1. The number of rotatable bonds is 5. The van der Waals surface area contributed by atoms with E-state index in [-0.39, 0.29) is 5.97 Å². The minimum Gasteiger partial charge on any atom is -0.466 e. The molecule has 2 bridgehead atoms. The van der Waals surface area contributed by atoms with Crippen LogP contribution < -0.4 is 5.32 Å². The topological polar surface area (TPSA) is 41.6 Å². The van der Waals surface area contributed by atoms with Crippen molar-refractivity contribution in [3.8, 4) is 0 Å². The van der Waals surface area contributed by atoms with Crippen LogP contribution >= 0.6 is 0 Å². The number of hydrogen-bond donors (Lipinski definition) is 1. The Bertz CT molecular complexity index is 269. The molecule has 2 aliphatic heterocycles. The van der Waals surface area contributed by atoms with Gasteiger partial charge in [-0.3, -0.25) is 9.69 Å². The van der Waals surface area contributed by atoms with Crippen molar-refractivity contribution >= 4 is 5.97 Å². The normalized spacial score (nSPS) is 32.2. The van der Waals surface area contributed by atoms with Crippen molar-refractivity contribution in [3.05, 3.63) is 0 Å². The summed E-state index contributed by atoms with van der Waals surface area (Å²) >= 11 is 0. The van der Waals surface area contributed by atoms with Crippen LogP contribution in [0.2, 0.25) is 0 Å². The van der Waals surface area contributed by atoms with E-state index in [2.05, 4.69) is 17.3 Å². The SMILES string of the molecule is CCOC(=O)CCN1C2CCCC1CC(NC)C2. The van der Waals surface area contributed by atoms with Gasteiger partial charge < -0.3 is 10.1 Å². The Morgan fingerprint density at radius 1 is 1.33 bits per heavy atom. The smallest absolute Gasteiger partial charge is 0.307 e. The largest absolute Gasteiger partial charge is 0.466 e. The molecule has 2 heterocycles. The summed E-state index contributed by atoms with van der Waals surface area (Å²) in [5.41, 5.74) is 0. The van der Waals surface area contributed by atoms with Crippen molar-refractivity contribution in [2.45, 2.75) is 63.6 Å². The second-order valence-corrected chi connectivity index (χ2v) is 5.49. The van der Waals surface area contributed by atoms with Crippen LogP contribution in [0.4, 0.5) is 0 Å². The highest BCUT2D eigenvalue weighted by atomic mass is 16.5. The van der Waals surface area contributed by atoms with E-state index < -0.39 is 0 Å². The molecule has 2 aliphatic rings. The van der Waals surface area contributed by atoms with Gasteiger partial charge >= 0.3 is 5.97 Å². The average Bonchev–Trinajstić information content (AvgIpc) is 2.35. The summed E-state index contributed by atoms with van der Waals surface area (Å²) in [6.07, 6.45) is 6.94.